The van der Waals surface area contributed by atoms with Gasteiger partial charge >= 0.3 is 5.82 Å². The van der Waals surface area contributed by atoms with E-state index in [0.29, 0.717) is 11.5 Å². The Balaban J connectivity index is 1.80. The minimum Gasteiger partial charge on any atom is -0.453 e. The summed E-state index contributed by atoms with van der Waals surface area (Å²) in [6, 6.07) is 6.82. The summed E-state index contributed by atoms with van der Waals surface area (Å²) < 4.78 is 8.04. The van der Waals surface area contributed by atoms with Crippen molar-refractivity contribution in [3.63, 3.8) is 0 Å². The van der Waals surface area contributed by atoms with Gasteiger partial charge in [0.25, 0.3) is 0 Å². The lowest BCUT2D eigenvalue weighted by molar-refractivity contribution is -0.389. The van der Waals surface area contributed by atoms with Crippen molar-refractivity contribution in [3.05, 3.63) is 51.0 Å². The number of benzene rings is 1. The van der Waals surface area contributed by atoms with Crippen molar-refractivity contribution in [2.75, 3.05) is 0 Å². The molecule has 0 radical (unpaired) electrons. The number of aromatic nitrogens is 2. The van der Waals surface area contributed by atoms with Crippen LogP contribution in [0.2, 0.25) is 0 Å². The molecule has 1 aromatic carbocycles. The van der Waals surface area contributed by atoms with Crippen molar-refractivity contribution in [3.8, 4) is 11.5 Å². The summed E-state index contributed by atoms with van der Waals surface area (Å²) in [7, 11) is 0. The Morgan fingerprint density at radius 1 is 1.30 bits per heavy atom. The van der Waals surface area contributed by atoms with Crippen molar-refractivity contribution in [1.82, 2.24) is 9.97 Å². The van der Waals surface area contributed by atoms with Gasteiger partial charge in [-0.15, -0.1) is 22.7 Å². The number of hydrogen-bond acceptors (Lipinski definition) is 7. The second-order valence-corrected chi connectivity index (χ2v) is 6.98. The maximum atomic E-state index is 10.7. The average molecular weight is 343 g/mol. The first-order chi connectivity index (χ1) is 11.1. The maximum absolute atomic E-state index is 10.7. The highest BCUT2D eigenvalue weighted by Gasteiger charge is 2.14. The Bertz CT molecular complexity index is 1040. The number of thiazole rings is 1. The Morgan fingerprint density at radius 2 is 2.17 bits per heavy atom. The highest BCUT2D eigenvalue weighted by molar-refractivity contribution is 7.21. The molecule has 23 heavy (non-hydrogen) atoms. The van der Waals surface area contributed by atoms with Crippen LogP contribution >= 0.6 is 22.7 Å². The second kappa shape index (κ2) is 5.25. The van der Waals surface area contributed by atoms with Gasteiger partial charge in [-0.2, -0.15) is 0 Å². The first-order valence-electron chi connectivity index (χ1n) is 6.67. The van der Waals surface area contributed by atoms with Crippen LogP contribution in [0.15, 0.2) is 35.8 Å². The monoisotopic (exact) mass is 343 g/mol. The van der Waals surface area contributed by atoms with E-state index in [1.165, 1.54) is 12.3 Å². The van der Waals surface area contributed by atoms with Gasteiger partial charge in [-0.1, -0.05) is 0 Å². The second-order valence-electron chi connectivity index (χ2n) is 4.83. The number of fused-ring (bicyclic) bond motifs is 3. The molecule has 4 rings (SSSR count). The highest BCUT2D eigenvalue weighted by atomic mass is 32.1. The normalized spacial score (nSPS) is 11.2. The smallest absolute Gasteiger partial charge is 0.363 e. The first-order valence-corrected chi connectivity index (χ1v) is 8.37. The van der Waals surface area contributed by atoms with E-state index in [1.807, 2.05) is 24.4 Å². The molecule has 0 atom stereocenters. The van der Waals surface area contributed by atoms with E-state index in [-0.39, 0.29) is 5.82 Å². The SMILES string of the molecule is Cc1nc2c(cc(Oc3ccc([N+](=O)[O-])nc3)c3ccsc32)s1. The molecule has 0 saturated heterocycles. The van der Waals surface area contributed by atoms with Crippen LogP contribution in [0.4, 0.5) is 5.82 Å². The molecule has 114 valence electrons. The molecule has 0 bridgehead atoms. The Hall–Kier alpha value is -2.58. The summed E-state index contributed by atoms with van der Waals surface area (Å²) in [4.78, 5) is 18.5. The molecule has 4 aromatic rings. The topological polar surface area (TPSA) is 78.2 Å². The average Bonchev–Trinajstić information content (AvgIpc) is 3.13. The van der Waals surface area contributed by atoms with Crippen LogP contribution in [0, 0.1) is 17.0 Å². The Kier molecular flexibility index (Phi) is 3.21. The summed E-state index contributed by atoms with van der Waals surface area (Å²) in [5.74, 6) is 0.961. The molecular weight excluding hydrogens is 334 g/mol. The van der Waals surface area contributed by atoms with Crippen molar-refractivity contribution in [1.29, 1.82) is 0 Å². The molecule has 8 heteroatoms. The summed E-state index contributed by atoms with van der Waals surface area (Å²) in [5.41, 5.74) is 0.992. The molecule has 0 amide bonds. The number of ether oxygens (including phenoxy) is 1. The van der Waals surface area contributed by atoms with Crippen LogP contribution in [0.1, 0.15) is 5.01 Å². The molecule has 0 aliphatic heterocycles. The van der Waals surface area contributed by atoms with E-state index >= 15 is 0 Å². The number of rotatable bonds is 3. The number of thiophene rings is 1. The van der Waals surface area contributed by atoms with Crippen LogP contribution in [-0.4, -0.2) is 14.9 Å². The summed E-state index contributed by atoms with van der Waals surface area (Å²) in [6.45, 7) is 1.98. The maximum Gasteiger partial charge on any atom is 0.363 e. The van der Waals surface area contributed by atoms with Crippen molar-refractivity contribution in [2.45, 2.75) is 6.92 Å². The van der Waals surface area contributed by atoms with Crippen molar-refractivity contribution >= 4 is 48.8 Å². The highest BCUT2D eigenvalue weighted by Crippen LogP contribution is 2.40. The van der Waals surface area contributed by atoms with Gasteiger partial charge in [-0.25, -0.2) is 4.98 Å². The fraction of sp³-hybridized carbons (Fsp3) is 0.0667. The molecule has 0 fully saturated rings. The van der Waals surface area contributed by atoms with Crippen LogP contribution in [-0.2, 0) is 0 Å². The molecule has 6 nitrogen and oxygen atoms in total. The number of nitrogens with zero attached hydrogens (tertiary/aromatic N) is 3. The summed E-state index contributed by atoms with van der Waals surface area (Å²) >= 11 is 3.23. The largest absolute Gasteiger partial charge is 0.453 e. The molecule has 3 heterocycles. The lowest BCUT2D eigenvalue weighted by atomic mass is 10.2. The van der Waals surface area contributed by atoms with Gasteiger partial charge in [0.1, 0.15) is 5.75 Å². The Morgan fingerprint density at radius 3 is 2.91 bits per heavy atom. The van der Waals surface area contributed by atoms with Gasteiger partial charge in [-0.3, -0.25) is 0 Å². The van der Waals surface area contributed by atoms with Gasteiger partial charge in [0.2, 0.25) is 0 Å². The molecule has 0 aliphatic carbocycles. The third kappa shape index (κ3) is 2.41. The van der Waals surface area contributed by atoms with E-state index in [1.54, 1.807) is 28.7 Å². The quantitative estimate of drug-likeness (QED) is 0.390. The first kappa shape index (κ1) is 14.0. The fourth-order valence-electron chi connectivity index (χ4n) is 2.34. The number of nitro groups is 1. The minimum absolute atomic E-state index is 0.202. The molecular formula is C15H9N3O3S2. The van der Waals surface area contributed by atoms with Gasteiger partial charge in [-0.05, 0) is 34.3 Å². The van der Waals surface area contributed by atoms with Gasteiger partial charge in [0.15, 0.2) is 11.9 Å². The predicted octanol–water partition coefficient (Wildman–Crippen LogP) is 4.91. The number of pyridine rings is 1. The van der Waals surface area contributed by atoms with E-state index < -0.39 is 4.92 Å². The van der Waals surface area contributed by atoms with E-state index in [2.05, 4.69) is 9.97 Å². The van der Waals surface area contributed by atoms with Crippen LogP contribution in [0.25, 0.3) is 20.3 Å². The van der Waals surface area contributed by atoms with Crippen LogP contribution in [0.3, 0.4) is 0 Å². The Labute approximate surface area is 138 Å². The van der Waals surface area contributed by atoms with Crippen molar-refractivity contribution < 1.29 is 9.66 Å². The van der Waals surface area contributed by atoms with Crippen LogP contribution in [0.5, 0.6) is 11.5 Å². The van der Waals surface area contributed by atoms with E-state index in [4.69, 9.17) is 4.74 Å². The standard InChI is InChI=1S/C15H9N3O3S2/c1-8-17-14-12(23-8)6-11(10-4-5-22-15(10)14)21-9-2-3-13(16-7-9)18(19)20/h2-7H,1H3. The molecule has 0 spiro atoms. The van der Waals surface area contributed by atoms with Gasteiger partial charge in [0, 0.05) is 17.5 Å². The lowest BCUT2D eigenvalue weighted by Crippen LogP contribution is -1.92. The number of aryl methyl sites for hydroxylation is 1. The summed E-state index contributed by atoms with van der Waals surface area (Å²) in [6.07, 6.45) is 1.36. The molecule has 0 aliphatic rings. The zero-order chi connectivity index (χ0) is 16.0. The van der Waals surface area contributed by atoms with Gasteiger partial charge in [0.05, 0.1) is 19.9 Å². The summed E-state index contributed by atoms with van der Waals surface area (Å²) in [5, 5.41) is 14.6. The fourth-order valence-corrected chi connectivity index (χ4v) is 4.17. The molecule has 3 aromatic heterocycles. The van der Waals surface area contributed by atoms with Crippen LogP contribution < -0.4 is 4.74 Å². The molecule has 0 saturated carbocycles. The minimum atomic E-state index is -0.535. The lowest BCUT2D eigenvalue weighted by Gasteiger charge is -2.06. The third-order valence-electron chi connectivity index (χ3n) is 3.30. The van der Waals surface area contributed by atoms with E-state index in [0.717, 1.165) is 25.3 Å². The predicted molar refractivity (Wildman–Crippen MR) is 90.7 cm³/mol. The zero-order valence-corrected chi connectivity index (χ0v) is 13.5. The van der Waals surface area contributed by atoms with E-state index in [9.17, 15) is 10.1 Å². The molecule has 0 N–H and O–H groups in total. The molecule has 0 unspecified atom stereocenters. The van der Waals surface area contributed by atoms with Crippen molar-refractivity contribution in [2.24, 2.45) is 0 Å². The third-order valence-corrected chi connectivity index (χ3v) is 5.14. The zero-order valence-electron chi connectivity index (χ0n) is 11.8. The van der Waals surface area contributed by atoms with Gasteiger partial charge < -0.3 is 14.9 Å². The number of hydrogen-bond donors (Lipinski definition) is 0.